The molecule has 1 saturated carbocycles. The van der Waals surface area contributed by atoms with E-state index in [1.165, 1.54) is 31.0 Å². The number of rotatable bonds is 6. The van der Waals surface area contributed by atoms with Gasteiger partial charge < -0.3 is 21.2 Å². The van der Waals surface area contributed by atoms with E-state index in [9.17, 15) is 9.59 Å². The Hall–Kier alpha value is -3.55. The summed E-state index contributed by atoms with van der Waals surface area (Å²) in [4.78, 5) is 32.3. The van der Waals surface area contributed by atoms with Gasteiger partial charge in [0.15, 0.2) is 0 Å². The normalized spacial score (nSPS) is 10.7. The largest absolute Gasteiger partial charge is 0.352 e. The van der Waals surface area contributed by atoms with Gasteiger partial charge in [0.1, 0.15) is 6.79 Å². The average Bonchev–Trinajstić information content (AvgIpc) is 3.70. The minimum Gasteiger partial charge on any atom is -0.352 e. The van der Waals surface area contributed by atoms with Crippen molar-refractivity contribution in [3.8, 4) is 11.1 Å². The number of carbonyl (C=O) groups is 3. The van der Waals surface area contributed by atoms with Crippen molar-refractivity contribution in [3.05, 3.63) is 101 Å². The number of hydrogen-bond acceptors (Lipinski definition) is 4. The third-order valence-electron chi connectivity index (χ3n) is 4.97. The Bertz CT molecular complexity index is 1110. The molecule has 2 amide bonds. The van der Waals surface area contributed by atoms with Crippen molar-refractivity contribution in [1.29, 1.82) is 0 Å². The van der Waals surface area contributed by atoms with Crippen LogP contribution >= 0.6 is 15.9 Å². The summed E-state index contributed by atoms with van der Waals surface area (Å²) in [6.07, 6.45) is 2.79. The molecule has 0 heterocycles. The fraction of sp³-hybridized carbons (Fsp3) is 0.207. The summed E-state index contributed by atoms with van der Waals surface area (Å²) in [5.41, 5.74) is 10.6. The molecule has 36 heavy (non-hydrogen) atoms. The average molecular weight is 553 g/mol. The molecule has 4 N–H and O–H groups in total. The van der Waals surface area contributed by atoms with E-state index in [1.807, 2.05) is 55.3 Å². The Kier molecular flexibility index (Phi) is 14.4. The van der Waals surface area contributed by atoms with Crippen LogP contribution in [0.15, 0.2) is 89.4 Å². The van der Waals surface area contributed by atoms with Gasteiger partial charge in [-0.05, 0) is 79.9 Å². The van der Waals surface area contributed by atoms with Crippen LogP contribution in [-0.2, 0) is 9.59 Å². The Morgan fingerprint density at radius 2 is 1.47 bits per heavy atom. The van der Waals surface area contributed by atoms with Crippen LogP contribution in [0.1, 0.15) is 35.2 Å². The number of carbonyl (C=O) groups excluding carboxylic acids is 3. The number of benzene rings is 3. The first-order valence-corrected chi connectivity index (χ1v) is 12.2. The molecule has 190 valence electrons. The van der Waals surface area contributed by atoms with Gasteiger partial charge in [-0.3, -0.25) is 9.59 Å². The summed E-state index contributed by atoms with van der Waals surface area (Å²) >= 11 is 3.35. The van der Waals surface area contributed by atoms with E-state index in [-0.39, 0.29) is 24.8 Å². The van der Waals surface area contributed by atoms with Gasteiger partial charge >= 0.3 is 0 Å². The Labute approximate surface area is 222 Å². The van der Waals surface area contributed by atoms with Crippen LogP contribution in [0, 0.1) is 6.92 Å². The van der Waals surface area contributed by atoms with Gasteiger partial charge in [0.05, 0.1) is 0 Å². The number of aryl methyl sites for hydroxylation is 1. The van der Waals surface area contributed by atoms with Crippen molar-refractivity contribution < 1.29 is 14.4 Å². The zero-order valence-electron chi connectivity index (χ0n) is 20.9. The van der Waals surface area contributed by atoms with Gasteiger partial charge in [-0.2, -0.15) is 0 Å². The zero-order chi connectivity index (χ0) is 26.9. The first-order valence-electron chi connectivity index (χ1n) is 11.5. The molecule has 3 aromatic rings. The van der Waals surface area contributed by atoms with E-state index in [0.717, 1.165) is 21.3 Å². The maximum absolute atomic E-state index is 12.3. The zero-order valence-corrected chi connectivity index (χ0v) is 22.4. The number of allylic oxidation sites excluding steroid dienone is 1. The molecule has 1 aliphatic carbocycles. The molecule has 4 rings (SSSR count). The molecule has 7 heteroatoms. The highest BCUT2D eigenvalue weighted by molar-refractivity contribution is 9.10. The van der Waals surface area contributed by atoms with Crippen molar-refractivity contribution in [2.75, 3.05) is 18.9 Å². The third-order valence-corrected chi connectivity index (χ3v) is 5.50. The van der Waals surface area contributed by atoms with E-state index < -0.39 is 0 Å². The summed E-state index contributed by atoms with van der Waals surface area (Å²) in [6.45, 7) is 8.01. The molecule has 0 aromatic heterocycles. The second kappa shape index (κ2) is 17.0. The Balaban J connectivity index is 0.000000708. The maximum Gasteiger partial charge on any atom is 0.251 e. The minimum absolute atomic E-state index is 0.141. The second-order valence-corrected chi connectivity index (χ2v) is 8.62. The van der Waals surface area contributed by atoms with Crippen molar-refractivity contribution in [1.82, 2.24) is 5.32 Å². The lowest BCUT2D eigenvalue weighted by molar-refractivity contribution is -0.116. The fourth-order valence-corrected chi connectivity index (χ4v) is 3.20. The van der Waals surface area contributed by atoms with Crippen LogP contribution in [0.3, 0.4) is 0 Å². The molecule has 0 radical (unpaired) electrons. The lowest BCUT2D eigenvalue weighted by Crippen LogP contribution is -2.27. The summed E-state index contributed by atoms with van der Waals surface area (Å²) < 4.78 is 0.950. The molecule has 1 fully saturated rings. The summed E-state index contributed by atoms with van der Waals surface area (Å²) in [6, 6.07) is 23.0. The lowest BCUT2D eigenvalue weighted by Gasteiger charge is -2.09. The number of halogens is 1. The molecule has 0 atom stereocenters. The van der Waals surface area contributed by atoms with Crippen LogP contribution < -0.4 is 16.4 Å². The number of nitrogens with one attached hydrogen (secondary N) is 2. The predicted molar refractivity (Wildman–Crippen MR) is 152 cm³/mol. The van der Waals surface area contributed by atoms with Gasteiger partial charge in [-0.15, -0.1) is 0 Å². The number of anilines is 1. The van der Waals surface area contributed by atoms with Crippen molar-refractivity contribution >= 4 is 40.2 Å². The van der Waals surface area contributed by atoms with Gasteiger partial charge in [0, 0.05) is 28.7 Å². The van der Waals surface area contributed by atoms with E-state index in [2.05, 4.69) is 57.9 Å². The molecular weight excluding hydrogens is 518 g/mol. The smallest absolute Gasteiger partial charge is 0.251 e. The standard InChI is InChI=1S/C23H21BrN2O2.C4H6.CH5N.CH2O/c1-16-4-2-3-5-21(16)17-6-8-18(9-7-17)23(28)25-15-14-22(27)26-20-12-10-19(24)11-13-20;1-4-2-3-4;2*1-2/h2-13H,14-15H2,1H3,(H,25,28)(H,26,27);1-3H2;2H2,1H3;1H2. The highest BCUT2D eigenvalue weighted by Crippen LogP contribution is 2.24. The number of nitrogens with two attached hydrogens (primary N) is 1. The van der Waals surface area contributed by atoms with Gasteiger partial charge in [0.2, 0.25) is 5.91 Å². The third kappa shape index (κ3) is 11.3. The van der Waals surface area contributed by atoms with Gasteiger partial charge in [-0.1, -0.05) is 64.5 Å². The molecule has 0 aliphatic heterocycles. The van der Waals surface area contributed by atoms with E-state index in [1.54, 1.807) is 12.1 Å². The Morgan fingerprint density at radius 3 is 2.00 bits per heavy atom. The minimum atomic E-state index is -0.187. The second-order valence-electron chi connectivity index (χ2n) is 7.70. The molecule has 0 bridgehead atoms. The lowest BCUT2D eigenvalue weighted by atomic mass is 9.99. The molecule has 0 unspecified atom stereocenters. The van der Waals surface area contributed by atoms with Crippen molar-refractivity contribution in [3.63, 3.8) is 0 Å². The topological polar surface area (TPSA) is 101 Å². The maximum atomic E-state index is 12.3. The quantitative estimate of drug-likeness (QED) is 0.331. The van der Waals surface area contributed by atoms with Crippen LogP contribution in [-0.4, -0.2) is 32.2 Å². The molecule has 3 aromatic carbocycles. The monoisotopic (exact) mass is 551 g/mol. The highest BCUT2D eigenvalue weighted by Gasteiger charge is 2.08. The molecule has 0 spiro atoms. The molecule has 6 nitrogen and oxygen atoms in total. The van der Waals surface area contributed by atoms with Crippen molar-refractivity contribution in [2.45, 2.75) is 26.2 Å². The molecule has 1 aliphatic rings. The van der Waals surface area contributed by atoms with Crippen LogP contribution in [0.2, 0.25) is 0 Å². The Morgan fingerprint density at radius 1 is 0.917 bits per heavy atom. The van der Waals surface area contributed by atoms with E-state index in [0.29, 0.717) is 5.56 Å². The predicted octanol–water partition coefficient (Wildman–Crippen LogP) is 5.91. The van der Waals surface area contributed by atoms with Crippen molar-refractivity contribution in [2.24, 2.45) is 5.73 Å². The molecule has 0 saturated heterocycles. The fourth-order valence-electron chi connectivity index (χ4n) is 2.93. The number of amides is 2. The first kappa shape index (κ1) is 30.5. The van der Waals surface area contributed by atoms with Crippen LogP contribution in [0.4, 0.5) is 5.69 Å². The molecular formula is C29H34BrN3O3. The highest BCUT2D eigenvalue weighted by atomic mass is 79.9. The van der Waals surface area contributed by atoms with Gasteiger partial charge in [0.25, 0.3) is 5.91 Å². The van der Waals surface area contributed by atoms with Crippen LogP contribution in [0.5, 0.6) is 0 Å². The summed E-state index contributed by atoms with van der Waals surface area (Å²) in [7, 11) is 1.50. The van der Waals surface area contributed by atoms with Gasteiger partial charge in [-0.25, -0.2) is 0 Å². The summed E-state index contributed by atoms with van der Waals surface area (Å²) in [5, 5.41) is 5.59. The summed E-state index contributed by atoms with van der Waals surface area (Å²) in [5.74, 6) is -0.328. The van der Waals surface area contributed by atoms with E-state index >= 15 is 0 Å². The van der Waals surface area contributed by atoms with E-state index in [4.69, 9.17) is 4.79 Å². The first-order chi connectivity index (χ1) is 17.4. The number of hydrogen-bond donors (Lipinski definition) is 3. The van der Waals surface area contributed by atoms with Crippen LogP contribution in [0.25, 0.3) is 11.1 Å². The SMILES string of the molecule is C=C1CC1.C=O.CN.Cc1ccccc1-c1ccc(C(=O)NCCC(=O)Nc2ccc(Br)cc2)cc1.